The van der Waals surface area contributed by atoms with Crippen molar-refractivity contribution in [3.63, 3.8) is 0 Å². The third-order valence-electron chi connectivity index (χ3n) is 3.95. The standard InChI is InChI=1S/C14H20F2N2/c1-14(17-2)5-7-18(8-6-14)10-11-3-4-12(15)13(16)9-11/h3-4,9,17H,5-8,10H2,1-2H3. The summed E-state index contributed by atoms with van der Waals surface area (Å²) in [4.78, 5) is 2.28. The van der Waals surface area contributed by atoms with Gasteiger partial charge in [0.05, 0.1) is 0 Å². The molecule has 0 atom stereocenters. The highest BCUT2D eigenvalue weighted by Crippen LogP contribution is 2.22. The fourth-order valence-corrected chi connectivity index (χ4v) is 2.35. The number of halogens is 2. The highest BCUT2D eigenvalue weighted by atomic mass is 19.2. The summed E-state index contributed by atoms with van der Waals surface area (Å²) >= 11 is 0. The molecule has 0 aromatic heterocycles. The minimum absolute atomic E-state index is 0.213. The summed E-state index contributed by atoms with van der Waals surface area (Å²) in [5.41, 5.74) is 1.05. The topological polar surface area (TPSA) is 15.3 Å². The molecule has 18 heavy (non-hydrogen) atoms. The summed E-state index contributed by atoms with van der Waals surface area (Å²) in [5, 5.41) is 3.35. The van der Waals surface area contributed by atoms with Crippen molar-refractivity contribution in [2.24, 2.45) is 0 Å². The summed E-state index contributed by atoms with van der Waals surface area (Å²) in [5.74, 6) is -1.54. The lowest BCUT2D eigenvalue weighted by Crippen LogP contribution is -2.49. The Morgan fingerprint density at radius 1 is 1.22 bits per heavy atom. The minimum atomic E-state index is -0.778. The van der Waals surface area contributed by atoms with Gasteiger partial charge in [0.2, 0.25) is 0 Å². The third-order valence-corrected chi connectivity index (χ3v) is 3.95. The van der Waals surface area contributed by atoms with Gasteiger partial charge >= 0.3 is 0 Å². The van der Waals surface area contributed by atoms with Crippen LogP contribution in [0.5, 0.6) is 0 Å². The fourth-order valence-electron chi connectivity index (χ4n) is 2.35. The Kier molecular flexibility index (Phi) is 3.97. The smallest absolute Gasteiger partial charge is 0.159 e. The van der Waals surface area contributed by atoms with Gasteiger partial charge in [-0.3, -0.25) is 4.90 Å². The van der Waals surface area contributed by atoms with E-state index in [9.17, 15) is 8.78 Å². The Morgan fingerprint density at radius 2 is 1.89 bits per heavy atom. The van der Waals surface area contributed by atoms with Crippen LogP contribution in [-0.4, -0.2) is 30.6 Å². The summed E-state index contributed by atoms with van der Waals surface area (Å²) in [6.45, 7) is 4.88. The number of hydrogen-bond acceptors (Lipinski definition) is 2. The zero-order valence-electron chi connectivity index (χ0n) is 11.0. The Labute approximate surface area is 107 Å². The Hall–Kier alpha value is -1.00. The Bertz CT molecular complexity index is 412. The molecule has 4 heteroatoms. The molecule has 1 aromatic rings. The lowest BCUT2D eigenvalue weighted by atomic mass is 9.90. The van der Waals surface area contributed by atoms with Crippen molar-refractivity contribution < 1.29 is 8.78 Å². The lowest BCUT2D eigenvalue weighted by Gasteiger charge is -2.39. The van der Waals surface area contributed by atoms with Gasteiger partial charge < -0.3 is 5.32 Å². The van der Waals surface area contributed by atoms with Gasteiger partial charge in [-0.15, -0.1) is 0 Å². The SMILES string of the molecule is CNC1(C)CCN(Cc2ccc(F)c(F)c2)CC1. The third kappa shape index (κ3) is 3.06. The van der Waals surface area contributed by atoms with Crippen LogP contribution in [0.3, 0.4) is 0 Å². The van der Waals surface area contributed by atoms with Gasteiger partial charge in [0.15, 0.2) is 11.6 Å². The van der Waals surface area contributed by atoms with Gasteiger partial charge in [-0.25, -0.2) is 8.78 Å². The number of benzene rings is 1. The van der Waals surface area contributed by atoms with Gasteiger partial charge in [0.1, 0.15) is 0 Å². The maximum Gasteiger partial charge on any atom is 0.159 e. The van der Waals surface area contributed by atoms with Crippen LogP contribution >= 0.6 is 0 Å². The van der Waals surface area contributed by atoms with Crippen molar-refractivity contribution in [1.82, 2.24) is 10.2 Å². The highest BCUT2D eigenvalue weighted by Gasteiger charge is 2.28. The Morgan fingerprint density at radius 3 is 2.44 bits per heavy atom. The second-order valence-corrected chi connectivity index (χ2v) is 5.34. The number of piperidine rings is 1. The van der Waals surface area contributed by atoms with Crippen molar-refractivity contribution in [2.45, 2.75) is 31.8 Å². The van der Waals surface area contributed by atoms with Crippen molar-refractivity contribution in [3.05, 3.63) is 35.4 Å². The number of likely N-dealkylation sites (tertiary alicyclic amines) is 1. The molecule has 1 aromatic carbocycles. The van der Waals surface area contributed by atoms with Crippen LogP contribution in [0.15, 0.2) is 18.2 Å². The molecule has 0 amide bonds. The second-order valence-electron chi connectivity index (χ2n) is 5.34. The molecule has 2 nitrogen and oxygen atoms in total. The van der Waals surface area contributed by atoms with Gasteiger partial charge in [0, 0.05) is 25.2 Å². The van der Waals surface area contributed by atoms with Gasteiger partial charge in [0.25, 0.3) is 0 Å². The van der Waals surface area contributed by atoms with Gasteiger partial charge in [-0.05, 0) is 44.5 Å². The molecule has 0 unspecified atom stereocenters. The zero-order valence-corrected chi connectivity index (χ0v) is 11.0. The molecular weight excluding hydrogens is 234 g/mol. The first-order valence-electron chi connectivity index (χ1n) is 6.38. The average Bonchev–Trinajstić information content (AvgIpc) is 2.37. The quantitative estimate of drug-likeness (QED) is 0.891. The Balaban J connectivity index is 1.93. The molecule has 1 aliphatic rings. The van der Waals surface area contributed by atoms with Crippen LogP contribution in [0, 0.1) is 11.6 Å². The molecule has 0 spiro atoms. The van der Waals surface area contributed by atoms with Gasteiger partial charge in [-0.2, -0.15) is 0 Å². The van der Waals surface area contributed by atoms with E-state index in [0.717, 1.165) is 31.5 Å². The van der Waals surface area contributed by atoms with Crippen LogP contribution in [0.1, 0.15) is 25.3 Å². The van der Waals surface area contributed by atoms with E-state index in [-0.39, 0.29) is 5.54 Å². The first-order chi connectivity index (χ1) is 8.52. The molecule has 0 radical (unpaired) electrons. The number of hydrogen-bond donors (Lipinski definition) is 1. The monoisotopic (exact) mass is 254 g/mol. The predicted molar refractivity (Wildman–Crippen MR) is 68.3 cm³/mol. The first kappa shape index (κ1) is 13.4. The van der Waals surface area contributed by atoms with E-state index >= 15 is 0 Å². The van der Waals surface area contributed by atoms with Crippen LogP contribution in [0.2, 0.25) is 0 Å². The fraction of sp³-hybridized carbons (Fsp3) is 0.571. The zero-order chi connectivity index (χ0) is 13.2. The number of nitrogens with zero attached hydrogens (tertiary/aromatic N) is 1. The summed E-state index contributed by atoms with van der Waals surface area (Å²) in [6, 6.07) is 4.15. The van der Waals surface area contributed by atoms with E-state index in [0.29, 0.717) is 6.54 Å². The van der Waals surface area contributed by atoms with E-state index in [1.165, 1.54) is 12.1 Å². The van der Waals surface area contributed by atoms with E-state index in [1.807, 2.05) is 7.05 Å². The van der Waals surface area contributed by atoms with Crippen LogP contribution in [0.4, 0.5) is 8.78 Å². The van der Waals surface area contributed by atoms with E-state index in [1.54, 1.807) is 6.07 Å². The molecule has 1 fully saturated rings. The average molecular weight is 254 g/mol. The van der Waals surface area contributed by atoms with Crippen molar-refractivity contribution >= 4 is 0 Å². The predicted octanol–water partition coefficient (Wildman–Crippen LogP) is 2.54. The van der Waals surface area contributed by atoms with Gasteiger partial charge in [-0.1, -0.05) is 6.07 Å². The maximum atomic E-state index is 13.1. The molecule has 1 saturated heterocycles. The molecule has 0 bridgehead atoms. The molecule has 1 N–H and O–H groups in total. The number of rotatable bonds is 3. The molecule has 0 saturated carbocycles. The molecule has 1 aliphatic heterocycles. The molecule has 2 rings (SSSR count). The van der Waals surface area contributed by atoms with Crippen LogP contribution in [0.25, 0.3) is 0 Å². The van der Waals surface area contributed by atoms with E-state index < -0.39 is 11.6 Å². The highest BCUT2D eigenvalue weighted by molar-refractivity contribution is 5.17. The summed E-state index contributed by atoms with van der Waals surface area (Å²) in [7, 11) is 1.99. The lowest BCUT2D eigenvalue weighted by molar-refractivity contribution is 0.146. The molecule has 0 aliphatic carbocycles. The van der Waals surface area contributed by atoms with Crippen molar-refractivity contribution in [2.75, 3.05) is 20.1 Å². The maximum absolute atomic E-state index is 13.1. The summed E-state index contributed by atoms with van der Waals surface area (Å²) in [6.07, 6.45) is 2.15. The molecular formula is C14H20F2N2. The van der Waals surface area contributed by atoms with Crippen LogP contribution in [-0.2, 0) is 6.54 Å². The van der Waals surface area contributed by atoms with Crippen molar-refractivity contribution in [1.29, 1.82) is 0 Å². The summed E-state index contributed by atoms with van der Waals surface area (Å²) < 4.78 is 25.9. The van der Waals surface area contributed by atoms with Crippen molar-refractivity contribution in [3.8, 4) is 0 Å². The van der Waals surface area contributed by atoms with E-state index in [4.69, 9.17) is 0 Å². The largest absolute Gasteiger partial charge is 0.314 e. The molecule has 100 valence electrons. The minimum Gasteiger partial charge on any atom is -0.314 e. The second kappa shape index (κ2) is 5.33. The normalized spacial score (nSPS) is 20.0. The van der Waals surface area contributed by atoms with Crippen LogP contribution < -0.4 is 5.32 Å². The van der Waals surface area contributed by atoms with E-state index in [2.05, 4.69) is 17.1 Å². The first-order valence-corrected chi connectivity index (χ1v) is 6.38. The molecule has 1 heterocycles. The number of nitrogens with one attached hydrogen (secondary N) is 1.